The van der Waals surface area contributed by atoms with Gasteiger partial charge < -0.3 is 14.5 Å². The van der Waals surface area contributed by atoms with Gasteiger partial charge in [-0.1, -0.05) is 12.1 Å². The maximum absolute atomic E-state index is 12.3. The fraction of sp³-hybridized carbons (Fsp3) is 0.176. The van der Waals surface area contributed by atoms with E-state index >= 15 is 0 Å². The third-order valence-electron chi connectivity index (χ3n) is 3.58. The molecule has 0 radical (unpaired) electrons. The second-order valence-corrected chi connectivity index (χ2v) is 4.99. The SMILES string of the molecule is COc1cccc(C(=O)NCc2c(C)nc3ccccn23)c1. The summed E-state index contributed by atoms with van der Waals surface area (Å²) in [6.07, 6.45) is 1.95. The zero-order valence-electron chi connectivity index (χ0n) is 12.5. The second kappa shape index (κ2) is 5.89. The van der Waals surface area contributed by atoms with Gasteiger partial charge in [-0.15, -0.1) is 0 Å². The number of ether oxygens (including phenoxy) is 1. The monoisotopic (exact) mass is 295 g/mol. The minimum Gasteiger partial charge on any atom is -0.497 e. The Labute approximate surface area is 128 Å². The molecule has 2 aromatic heterocycles. The van der Waals surface area contributed by atoms with E-state index in [9.17, 15) is 4.79 Å². The lowest BCUT2D eigenvalue weighted by Gasteiger charge is -2.07. The number of nitrogens with zero attached hydrogens (tertiary/aromatic N) is 2. The van der Waals surface area contributed by atoms with Crippen LogP contribution in [0.15, 0.2) is 48.7 Å². The smallest absolute Gasteiger partial charge is 0.251 e. The van der Waals surface area contributed by atoms with Gasteiger partial charge in [-0.05, 0) is 37.3 Å². The Morgan fingerprint density at radius 1 is 1.27 bits per heavy atom. The average Bonchev–Trinajstić information content (AvgIpc) is 2.88. The number of pyridine rings is 1. The van der Waals surface area contributed by atoms with Crippen LogP contribution in [0.3, 0.4) is 0 Å². The molecule has 0 spiro atoms. The van der Waals surface area contributed by atoms with E-state index < -0.39 is 0 Å². The summed E-state index contributed by atoms with van der Waals surface area (Å²) in [6, 6.07) is 12.9. The fourth-order valence-corrected chi connectivity index (χ4v) is 2.41. The molecule has 0 bridgehead atoms. The Kier molecular flexibility index (Phi) is 3.78. The van der Waals surface area contributed by atoms with Crippen LogP contribution in [-0.4, -0.2) is 22.4 Å². The minimum atomic E-state index is -0.135. The lowest BCUT2D eigenvalue weighted by Crippen LogP contribution is -2.23. The highest BCUT2D eigenvalue weighted by Crippen LogP contribution is 2.14. The second-order valence-electron chi connectivity index (χ2n) is 4.99. The summed E-state index contributed by atoms with van der Waals surface area (Å²) in [6.45, 7) is 2.37. The number of carbonyl (C=O) groups is 1. The van der Waals surface area contributed by atoms with E-state index in [0.29, 0.717) is 17.9 Å². The molecule has 0 aliphatic rings. The van der Waals surface area contributed by atoms with Gasteiger partial charge >= 0.3 is 0 Å². The molecule has 0 atom stereocenters. The lowest BCUT2D eigenvalue weighted by molar-refractivity contribution is 0.0950. The number of methoxy groups -OCH3 is 1. The van der Waals surface area contributed by atoms with Gasteiger partial charge in [0.2, 0.25) is 0 Å². The van der Waals surface area contributed by atoms with Gasteiger partial charge in [-0.25, -0.2) is 4.98 Å². The first-order chi connectivity index (χ1) is 10.7. The number of rotatable bonds is 4. The highest BCUT2D eigenvalue weighted by molar-refractivity contribution is 5.94. The zero-order valence-corrected chi connectivity index (χ0v) is 12.5. The van der Waals surface area contributed by atoms with Crippen molar-refractivity contribution in [1.82, 2.24) is 14.7 Å². The highest BCUT2D eigenvalue weighted by Gasteiger charge is 2.11. The van der Waals surface area contributed by atoms with Crippen molar-refractivity contribution >= 4 is 11.6 Å². The Bertz CT molecular complexity index is 824. The molecule has 3 aromatic rings. The highest BCUT2D eigenvalue weighted by atomic mass is 16.5. The van der Waals surface area contributed by atoms with E-state index in [1.54, 1.807) is 25.3 Å². The number of aromatic nitrogens is 2. The van der Waals surface area contributed by atoms with Crippen LogP contribution < -0.4 is 10.1 Å². The third kappa shape index (κ3) is 2.65. The summed E-state index contributed by atoms with van der Waals surface area (Å²) < 4.78 is 7.13. The number of hydrogen-bond donors (Lipinski definition) is 1. The van der Waals surface area contributed by atoms with Gasteiger partial charge in [0.1, 0.15) is 11.4 Å². The summed E-state index contributed by atoms with van der Waals surface area (Å²) in [7, 11) is 1.58. The van der Waals surface area contributed by atoms with Crippen LogP contribution in [0.4, 0.5) is 0 Å². The van der Waals surface area contributed by atoms with Crippen molar-refractivity contribution in [2.24, 2.45) is 0 Å². The van der Waals surface area contributed by atoms with Crippen LogP contribution in [0.1, 0.15) is 21.7 Å². The molecule has 0 aliphatic heterocycles. The summed E-state index contributed by atoms with van der Waals surface area (Å²) in [5.41, 5.74) is 3.35. The van der Waals surface area contributed by atoms with Crippen molar-refractivity contribution in [3.63, 3.8) is 0 Å². The predicted molar refractivity (Wildman–Crippen MR) is 84.1 cm³/mol. The lowest BCUT2D eigenvalue weighted by atomic mass is 10.2. The number of fused-ring (bicyclic) bond motifs is 1. The van der Waals surface area contributed by atoms with Gasteiger partial charge in [0.15, 0.2) is 0 Å². The Balaban J connectivity index is 1.79. The molecule has 5 heteroatoms. The third-order valence-corrected chi connectivity index (χ3v) is 3.58. The van der Waals surface area contributed by atoms with Crippen LogP contribution >= 0.6 is 0 Å². The van der Waals surface area contributed by atoms with Crippen LogP contribution in [0.2, 0.25) is 0 Å². The largest absolute Gasteiger partial charge is 0.497 e. The first-order valence-electron chi connectivity index (χ1n) is 7.04. The van der Waals surface area contributed by atoms with Crippen molar-refractivity contribution in [3.05, 3.63) is 65.6 Å². The van der Waals surface area contributed by atoms with Gasteiger partial charge in [0.05, 0.1) is 25.0 Å². The first-order valence-corrected chi connectivity index (χ1v) is 7.04. The number of benzene rings is 1. The minimum absolute atomic E-state index is 0.135. The number of aryl methyl sites for hydroxylation is 1. The average molecular weight is 295 g/mol. The van der Waals surface area contributed by atoms with Crippen molar-refractivity contribution in [3.8, 4) is 5.75 Å². The number of amides is 1. The first kappa shape index (κ1) is 14.1. The molecule has 22 heavy (non-hydrogen) atoms. The Morgan fingerprint density at radius 3 is 2.95 bits per heavy atom. The molecular formula is C17H17N3O2. The molecule has 0 aliphatic carbocycles. The molecule has 1 N–H and O–H groups in total. The summed E-state index contributed by atoms with van der Waals surface area (Å²) >= 11 is 0. The maximum Gasteiger partial charge on any atom is 0.251 e. The number of carbonyl (C=O) groups excluding carboxylic acids is 1. The molecule has 0 fully saturated rings. The number of imidazole rings is 1. The van der Waals surface area contributed by atoms with Gasteiger partial charge in [-0.3, -0.25) is 4.79 Å². The van der Waals surface area contributed by atoms with Gasteiger partial charge in [0, 0.05) is 11.8 Å². The van der Waals surface area contributed by atoms with Crippen LogP contribution in [0.25, 0.3) is 5.65 Å². The predicted octanol–water partition coefficient (Wildman–Crippen LogP) is 2.58. The van der Waals surface area contributed by atoms with Crippen LogP contribution in [0, 0.1) is 6.92 Å². The summed E-state index contributed by atoms with van der Waals surface area (Å²) in [5, 5.41) is 2.93. The number of nitrogens with one attached hydrogen (secondary N) is 1. The normalized spacial score (nSPS) is 10.6. The van der Waals surface area contributed by atoms with Crippen molar-refractivity contribution in [2.75, 3.05) is 7.11 Å². The summed E-state index contributed by atoms with van der Waals surface area (Å²) in [4.78, 5) is 16.7. The van der Waals surface area contributed by atoms with Crippen molar-refractivity contribution in [2.45, 2.75) is 13.5 Å². The van der Waals surface area contributed by atoms with E-state index in [2.05, 4.69) is 10.3 Å². The molecule has 1 aromatic carbocycles. The molecule has 112 valence electrons. The molecule has 0 unspecified atom stereocenters. The van der Waals surface area contributed by atoms with Crippen LogP contribution in [-0.2, 0) is 6.54 Å². The van der Waals surface area contributed by atoms with Gasteiger partial charge in [0.25, 0.3) is 5.91 Å². The standard InChI is InChI=1S/C17H17N3O2/c1-12-15(20-9-4-3-8-16(20)19-12)11-18-17(21)13-6-5-7-14(10-13)22-2/h3-10H,11H2,1-2H3,(H,18,21). The van der Waals surface area contributed by atoms with Crippen LogP contribution in [0.5, 0.6) is 5.75 Å². The van der Waals surface area contributed by atoms with E-state index in [1.807, 2.05) is 41.8 Å². The van der Waals surface area contributed by atoms with Crippen molar-refractivity contribution < 1.29 is 9.53 Å². The molecular weight excluding hydrogens is 278 g/mol. The maximum atomic E-state index is 12.3. The topological polar surface area (TPSA) is 55.6 Å². The molecule has 0 saturated carbocycles. The zero-order chi connectivity index (χ0) is 15.5. The summed E-state index contributed by atoms with van der Waals surface area (Å²) in [5.74, 6) is 0.530. The quantitative estimate of drug-likeness (QED) is 0.805. The number of hydrogen-bond acceptors (Lipinski definition) is 3. The van der Waals surface area contributed by atoms with Gasteiger partial charge in [-0.2, -0.15) is 0 Å². The van der Waals surface area contributed by atoms with E-state index in [4.69, 9.17) is 4.74 Å². The Hall–Kier alpha value is -2.82. The van der Waals surface area contributed by atoms with E-state index in [1.165, 1.54) is 0 Å². The Morgan fingerprint density at radius 2 is 2.14 bits per heavy atom. The molecule has 5 nitrogen and oxygen atoms in total. The fourth-order valence-electron chi connectivity index (χ4n) is 2.41. The molecule has 2 heterocycles. The molecule has 3 rings (SSSR count). The van der Waals surface area contributed by atoms with E-state index in [-0.39, 0.29) is 5.91 Å². The van der Waals surface area contributed by atoms with Crippen molar-refractivity contribution in [1.29, 1.82) is 0 Å². The van der Waals surface area contributed by atoms with E-state index in [0.717, 1.165) is 17.0 Å². The molecule has 0 saturated heterocycles. The molecule has 1 amide bonds.